The van der Waals surface area contributed by atoms with Gasteiger partial charge in [0.1, 0.15) is 0 Å². The number of rotatable bonds is 7. The zero-order valence-corrected chi connectivity index (χ0v) is 15.3. The highest BCUT2D eigenvalue weighted by Crippen LogP contribution is 2.27. The fourth-order valence-corrected chi connectivity index (χ4v) is 1.67. The molecule has 1 aromatic rings. The predicted molar refractivity (Wildman–Crippen MR) is 95.0 cm³/mol. The summed E-state index contributed by atoms with van der Waals surface area (Å²) in [4.78, 5) is 4.13. The summed E-state index contributed by atoms with van der Waals surface area (Å²) in [6, 6.07) is 5.81. The highest BCUT2D eigenvalue weighted by atomic mass is 127. The molecule has 120 valence electrons. The van der Waals surface area contributed by atoms with Crippen LogP contribution in [-0.4, -0.2) is 47.5 Å². The number of nitrogens with one attached hydrogen (secondary N) is 2. The molecule has 0 heterocycles. The summed E-state index contributed by atoms with van der Waals surface area (Å²) in [5.41, 5.74) is 1.08. The first kappa shape index (κ1) is 19.8. The number of ether oxygens (including phenoxy) is 3. The van der Waals surface area contributed by atoms with Crippen LogP contribution in [0.5, 0.6) is 11.5 Å². The van der Waals surface area contributed by atoms with Crippen LogP contribution in [0.3, 0.4) is 0 Å². The molecular formula is C14H24IN3O3. The van der Waals surface area contributed by atoms with E-state index in [1.165, 1.54) is 0 Å². The first-order chi connectivity index (χ1) is 9.74. The Hall–Kier alpha value is -1.22. The lowest BCUT2D eigenvalue weighted by atomic mass is 10.2. The Balaban J connectivity index is 0.00000400. The van der Waals surface area contributed by atoms with Crippen LogP contribution in [0.1, 0.15) is 5.56 Å². The minimum Gasteiger partial charge on any atom is -0.493 e. The van der Waals surface area contributed by atoms with Crippen molar-refractivity contribution < 1.29 is 14.2 Å². The SMILES string of the molecule is CN=C(NCCOC)NCc1ccc(OC)c(OC)c1.I. The second-order valence-corrected chi connectivity index (χ2v) is 4.03. The molecule has 0 aromatic heterocycles. The second kappa shape index (κ2) is 11.4. The van der Waals surface area contributed by atoms with Gasteiger partial charge in [0.25, 0.3) is 0 Å². The van der Waals surface area contributed by atoms with Gasteiger partial charge in [-0.2, -0.15) is 0 Å². The average molecular weight is 409 g/mol. The number of hydrogen-bond donors (Lipinski definition) is 2. The molecule has 2 N–H and O–H groups in total. The van der Waals surface area contributed by atoms with Gasteiger partial charge >= 0.3 is 0 Å². The maximum absolute atomic E-state index is 5.27. The van der Waals surface area contributed by atoms with Crippen molar-refractivity contribution in [2.45, 2.75) is 6.54 Å². The van der Waals surface area contributed by atoms with Crippen molar-refractivity contribution >= 4 is 29.9 Å². The molecular weight excluding hydrogens is 385 g/mol. The minimum absolute atomic E-state index is 0. The van der Waals surface area contributed by atoms with E-state index in [9.17, 15) is 0 Å². The number of benzene rings is 1. The number of aliphatic imine (C=N–C) groups is 1. The third-order valence-electron chi connectivity index (χ3n) is 2.73. The molecule has 0 unspecified atom stereocenters. The Morgan fingerprint density at radius 2 is 1.81 bits per heavy atom. The molecule has 0 atom stereocenters. The molecule has 0 aliphatic carbocycles. The topological polar surface area (TPSA) is 64.1 Å². The Morgan fingerprint density at radius 1 is 1.10 bits per heavy atom. The van der Waals surface area contributed by atoms with E-state index in [0.717, 1.165) is 17.3 Å². The van der Waals surface area contributed by atoms with Crippen LogP contribution in [0.4, 0.5) is 0 Å². The number of guanidine groups is 1. The molecule has 0 aliphatic heterocycles. The number of halogens is 1. The fraction of sp³-hybridized carbons (Fsp3) is 0.500. The highest BCUT2D eigenvalue weighted by Gasteiger charge is 2.05. The zero-order valence-electron chi connectivity index (χ0n) is 12.9. The first-order valence-corrected chi connectivity index (χ1v) is 6.39. The van der Waals surface area contributed by atoms with Gasteiger partial charge in [-0.1, -0.05) is 6.07 Å². The smallest absolute Gasteiger partial charge is 0.191 e. The molecule has 0 saturated carbocycles. The molecule has 0 spiro atoms. The number of nitrogens with zero attached hydrogens (tertiary/aromatic N) is 1. The minimum atomic E-state index is 0. The van der Waals surface area contributed by atoms with Crippen LogP contribution >= 0.6 is 24.0 Å². The van der Waals surface area contributed by atoms with E-state index in [-0.39, 0.29) is 24.0 Å². The maximum Gasteiger partial charge on any atom is 0.191 e. The Bertz CT molecular complexity index is 441. The van der Waals surface area contributed by atoms with Gasteiger partial charge in [-0.3, -0.25) is 4.99 Å². The van der Waals surface area contributed by atoms with Crippen molar-refractivity contribution in [1.29, 1.82) is 0 Å². The van der Waals surface area contributed by atoms with Crippen molar-refractivity contribution in [3.8, 4) is 11.5 Å². The van der Waals surface area contributed by atoms with Crippen molar-refractivity contribution in [3.05, 3.63) is 23.8 Å². The summed E-state index contributed by atoms with van der Waals surface area (Å²) in [7, 11) is 6.65. The van der Waals surface area contributed by atoms with Crippen LogP contribution < -0.4 is 20.1 Å². The highest BCUT2D eigenvalue weighted by molar-refractivity contribution is 14.0. The van der Waals surface area contributed by atoms with E-state index in [1.807, 2.05) is 18.2 Å². The predicted octanol–water partition coefficient (Wildman–Crippen LogP) is 1.63. The summed E-state index contributed by atoms with van der Waals surface area (Å²) < 4.78 is 15.5. The van der Waals surface area contributed by atoms with Crippen LogP contribution in [-0.2, 0) is 11.3 Å². The third-order valence-corrected chi connectivity index (χ3v) is 2.73. The van der Waals surface area contributed by atoms with Crippen molar-refractivity contribution in [2.24, 2.45) is 4.99 Å². The third kappa shape index (κ3) is 6.85. The van der Waals surface area contributed by atoms with E-state index in [0.29, 0.717) is 25.4 Å². The van der Waals surface area contributed by atoms with Crippen LogP contribution in [0, 0.1) is 0 Å². The molecule has 0 bridgehead atoms. The van der Waals surface area contributed by atoms with Gasteiger partial charge in [-0.15, -0.1) is 24.0 Å². The van der Waals surface area contributed by atoms with Crippen molar-refractivity contribution in [1.82, 2.24) is 10.6 Å². The molecule has 0 saturated heterocycles. The Labute approximate surface area is 143 Å². The lowest BCUT2D eigenvalue weighted by Crippen LogP contribution is -2.38. The quantitative estimate of drug-likeness (QED) is 0.310. The van der Waals surface area contributed by atoms with Gasteiger partial charge in [0.15, 0.2) is 17.5 Å². The molecule has 6 nitrogen and oxygen atoms in total. The molecule has 0 radical (unpaired) electrons. The number of hydrogen-bond acceptors (Lipinski definition) is 4. The van der Waals surface area contributed by atoms with Gasteiger partial charge in [0, 0.05) is 27.2 Å². The Kier molecular flexibility index (Phi) is 10.8. The van der Waals surface area contributed by atoms with Crippen molar-refractivity contribution in [2.75, 3.05) is 41.5 Å². The summed E-state index contributed by atoms with van der Waals surface area (Å²) in [5.74, 6) is 2.17. The van der Waals surface area contributed by atoms with Crippen LogP contribution in [0.2, 0.25) is 0 Å². The normalized spacial score (nSPS) is 10.6. The standard InChI is InChI=1S/C14H23N3O3.HI/c1-15-14(16-7-8-18-2)17-10-11-5-6-12(19-3)13(9-11)20-4;/h5-6,9H,7-8,10H2,1-4H3,(H2,15,16,17);1H. The molecule has 7 heteroatoms. The largest absolute Gasteiger partial charge is 0.493 e. The summed E-state index contributed by atoms with van der Waals surface area (Å²) in [5, 5.41) is 6.37. The number of methoxy groups -OCH3 is 3. The van der Waals surface area contributed by atoms with Gasteiger partial charge in [-0.05, 0) is 17.7 Å². The molecule has 1 rings (SSSR count). The first-order valence-electron chi connectivity index (χ1n) is 6.39. The van der Waals surface area contributed by atoms with Crippen LogP contribution in [0.25, 0.3) is 0 Å². The average Bonchev–Trinajstić information content (AvgIpc) is 2.50. The summed E-state index contributed by atoms with van der Waals surface area (Å²) in [6.45, 7) is 1.99. The van der Waals surface area contributed by atoms with E-state index in [4.69, 9.17) is 14.2 Å². The van der Waals surface area contributed by atoms with Crippen LogP contribution in [0.15, 0.2) is 23.2 Å². The monoisotopic (exact) mass is 409 g/mol. The molecule has 21 heavy (non-hydrogen) atoms. The molecule has 1 aromatic carbocycles. The summed E-state index contributed by atoms with van der Waals surface area (Å²) in [6.07, 6.45) is 0. The van der Waals surface area contributed by atoms with E-state index < -0.39 is 0 Å². The molecule has 0 amide bonds. The zero-order chi connectivity index (χ0) is 14.8. The fourth-order valence-electron chi connectivity index (χ4n) is 1.67. The second-order valence-electron chi connectivity index (χ2n) is 4.03. The van der Waals surface area contributed by atoms with Gasteiger partial charge < -0.3 is 24.8 Å². The maximum atomic E-state index is 5.27. The van der Waals surface area contributed by atoms with Gasteiger partial charge in [0.2, 0.25) is 0 Å². The molecule has 0 aliphatic rings. The van der Waals surface area contributed by atoms with E-state index in [1.54, 1.807) is 28.4 Å². The molecule has 0 fully saturated rings. The van der Waals surface area contributed by atoms with E-state index in [2.05, 4.69) is 15.6 Å². The van der Waals surface area contributed by atoms with Gasteiger partial charge in [0.05, 0.1) is 20.8 Å². The van der Waals surface area contributed by atoms with E-state index >= 15 is 0 Å². The van der Waals surface area contributed by atoms with Gasteiger partial charge in [-0.25, -0.2) is 0 Å². The lowest BCUT2D eigenvalue weighted by Gasteiger charge is -2.13. The lowest BCUT2D eigenvalue weighted by molar-refractivity contribution is 0.203. The Morgan fingerprint density at radius 3 is 2.38 bits per heavy atom. The van der Waals surface area contributed by atoms with Crippen molar-refractivity contribution in [3.63, 3.8) is 0 Å². The summed E-state index contributed by atoms with van der Waals surface area (Å²) >= 11 is 0.